The fourth-order valence-corrected chi connectivity index (χ4v) is 6.28. The number of carbonyl (C=O) groups excluding carboxylic acids is 3. The quantitative estimate of drug-likeness (QED) is 0.398. The molecule has 2 aliphatic heterocycles. The molecule has 2 aromatic rings. The lowest BCUT2D eigenvalue weighted by Crippen LogP contribution is -2.50. The second-order valence-corrected chi connectivity index (χ2v) is 11.9. The number of rotatable bonds is 7. The van der Waals surface area contributed by atoms with Crippen LogP contribution in [-0.2, 0) is 33.3 Å². The fourth-order valence-electron chi connectivity index (χ4n) is 6.28. The van der Waals surface area contributed by atoms with E-state index in [9.17, 15) is 45.1 Å². The Morgan fingerprint density at radius 2 is 1.50 bits per heavy atom. The van der Waals surface area contributed by atoms with Gasteiger partial charge < -0.3 is 15.5 Å². The van der Waals surface area contributed by atoms with E-state index in [0.717, 1.165) is 4.90 Å². The van der Waals surface area contributed by atoms with Crippen LogP contribution in [-0.4, -0.2) is 72.2 Å². The molecule has 0 aromatic heterocycles. The number of piperidine rings is 2. The zero-order valence-electron chi connectivity index (χ0n) is 25.3. The number of halogens is 8. The third kappa shape index (κ3) is 8.90. The van der Waals surface area contributed by atoms with E-state index in [2.05, 4.69) is 0 Å². The van der Waals surface area contributed by atoms with Crippen molar-refractivity contribution in [3.63, 3.8) is 0 Å². The number of hydrogen-bond donors (Lipinski definition) is 1. The summed E-state index contributed by atoms with van der Waals surface area (Å²) in [5.74, 6) is -3.07. The highest BCUT2D eigenvalue weighted by Crippen LogP contribution is 2.38. The summed E-state index contributed by atoms with van der Waals surface area (Å²) in [5.41, 5.74) is 3.34. The van der Waals surface area contributed by atoms with E-state index in [0.29, 0.717) is 55.7 Å². The Bertz CT molecular complexity index is 1400. The molecule has 4 rings (SSSR count). The summed E-state index contributed by atoms with van der Waals surface area (Å²) < 4.78 is 94.4. The van der Waals surface area contributed by atoms with Crippen molar-refractivity contribution in [2.45, 2.75) is 51.0 Å². The highest BCUT2D eigenvalue weighted by Gasteiger charge is 2.40. The predicted molar refractivity (Wildman–Crippen MR) is 157 cm³/mol. The van der Waals surface area contributed by atoms with Crippen molar-refractivity contribution in [2.75, 3.05) is 39.8 Å². The van der Waals surface area contributed by atoms with Crippen LogP contribution in [0.3, 0.4) is 0 Å². The molecule has 254 valence electrons. The number of alkyl halides is 6. The zero-order chi connectivity index (χ0) is 33.3. The molecule has 46 heavy (non-hydrogen) atoms. The lowest BCUT2D eigenvalue weighted by atomic mass is 9.78. The second-order valence-electron chi connectivity index (χ2n) is 11.9. The predicted octanol–water partition coefficient (Wildman–Crippen LogP) is 5.38. The largest absolute Gasteiger partial charge is 0.416 e. The number of nitrogens with two attached hydrogens (primary N) is 1. The van der Waals surface area contributed by atoms with Crippen LogP contribution >= 0.6 is 12.4 Å². The first-order chi connectivity index (χ1) is 20.9. The van der Waals surface area contributed by atoms with Gasteiger partial charge in [-0.15, -0.1) is 12.4 Å². The number of nitrogens with zero attached hydrogens (tertiary/aromatic N) is 3. The number of primary amides is 1. The number of hydrogen-bond acceptors (Lipinski definition) is 4. The maximum atomic E-state index is 14.0. The van der Waals surface area contributed by atoms with E-state index in [1.807, 2.05) is 4.90 Å². The molecule has 2 N–H and O–H groups in total. The number of aryl methyl sites for hydroxylation is 1. The van der Waals surface area contributed by atoms with Crippen molar-refractivity contribution in [3.05, 3.63) is 70.0 Å². The Balaban J connectivity index is 0.00000576. The first-order valence-corrected chi connectivity index (χ1v) is 14.5. The van der Waals surface area contributed by atoms with Gasteiger partial charge in [-0.05, 0) is 79.8 Å². The van der Waals surface area contributed by atoms with E-state index in [-0.39, 0.29) is 55.4 Å². The van der Waals surface area contributed by atoms with Crippen molar-refractivity contribution in [1.29, 1.82) is 0 Å². The molecule has 0 bridgehead atoms. The zero-order valence-corrected chi connectivity index (χ0v) is 26.1. The number of carbonyl (C=O) groups is 3. The van der Waals surface area contributed by atoms with E-state index in [1.54, 1.807) is 17.9 Å². The molecule has 2 heterocycles. The van der Waals surface area contributed by atoms with Gasteiger partial charge in [0.05, 0.1) is 17.7 Å². The fraction of sp³-hybridized carbons (Fsp3) is 0.516. The minimum absolute atomic E-state index is 0. The summed E-state index contributed by atoms with van der Waals surface area (Å²) >= 11 is 0. The van der Waals surface area contributed by atoms with Crippen LogP contribution in [0.4, 0.5) is 30.7 Å². The summed E-state index contributed by atoms with van der Waals surface area (Å²) in [6.45, 7) is 2.56. The molecule has 0 saturated carbocycles. The number of amides is 3. The molecular weight excluding hydrogens is 645 g/mol. The van der Waals surface area contributed by atoms with Gasteiger partial charge in [0.15, 0.2) is 0 Å². The van der Waals surface area contributed by atoms with E-state index in [1.165, 1.54) is 19.2 Å². The Hall–Kier alpha value is -3.39. The molecule has 2 aliphatic rings. The normalized spacial score (nSPS) is 19.8. The van der Waals surface area contributed by atoms with Gasteiger partial charge in [0.1, 0.15) is 5.82 Å². The lowest BCUT2D eigenvalue weighted by molar-refractivity contribution is -0.143. The van der Waals surface area contributed by atoms with E-state index < -0.39 is 59.5 Å². The lowest BCUT2D eigenvalue weighted by Gasteiger charge is -2.40. The molecule has 0 radical (unpaired) electrons. The standard InChI is InChI=1S/C31H35F7N4O3.ClH/c1-18-11-23(32)3-4-24(18)26-16-41(17-27(43)42-9-5-20(6-10-42)28(39)44)8-7-25(26)29(45)40(2)15-19-12-21(30(33,34)35)14-22(13-19)31(36,37)38;/h3-4,11-14,20,25-26H,5-10,15-17H2,1-2H3,(H2,39,44);1H/t25-,26+;/m1./s1. The molecular formula is C31H36ClF7N4O3. The highest BCUT2D eigenvalue weighted by atomic mass is 35.5. The van der Waals surface area contributed by atoms with Gasteiger partial charge >= 0.3 is 12.4 Å². The van der Waals surface area contributed by atoms with E-state index >= 15 is 0 Å². The van der Waals surface area contributed by atoms with Gasteiger partial charge in [0, 0.05) is 51.0 Å². The second kappa shape index (κ2) is 14.6. The van der Waals surface area contributed by atoms with Crippen LogP contribution in [0.1, 0.15) is 53.0 Å². The third-order valence-electron chi connectivity index (χ3n) is 8.70. The monoisotopic (exact) mass is 680 g/mol. The molecule has 2 fully saturated rings. The number of benzene rings is 2. The van der Waals surface area contributed by atoms with E-state index in [4.69, 9.17) is 5.73 Å². The maximum absolute atomic E-state index is 14.0. The summed E-state index contributed by atoms with van der Waals surface area (Å²) in [7, 11) is 1.32. The number of likely N-dealkylation sites (tertiary alicyclic amines) is 2. The Labute approximate surface area is 268 Å². The van der Waals surface area contributed by atoms with Gasteiger partial charge in [-0.3, -0.25) is 19.3 Å². The van der Waals surface area contributed by atoms with Crippen LogP contribution < -0.4 is 5.73 Å². The Morgan fingerprint density at radius 3 is 2.02 bits per heavy atom. The topological polar surface area (TPSA) is 87.0 Å². The van der Waals surface area contributed by atoms with Gasteiger partial charge in [-0.1, -0.05) is 6.07 Å². The smallest absolute Gasteiger partial charge is 0.369 e. The Morgan fingerprint density at radius 1 is 0.913 bits per heavy atom. The van der Waals surface area contributed by atoms with Gasteiger partial charge in [0.25, 0.3) is 0 Å². The summed E-state index contributed by atoms with van der Waals surface area (Å²) in [4.78, 5) is 43.0. The first-order valence-electron chi connectivity index (χ1n) is 14.5. The van der Waals surface area contributed by atoms with Crippen molar-refractivity contribution >= 4 is 30.1 Å². The average Bonchev–Trinajstić information content (AvgIpc) is 2.95. The van der Waals surface area contributed by atoms with Gasteiger partial charge in [-0.2, -0.15) is 26.3 Å². The van der Waals surface area contributed by atoms with Crippen molar-refractivity contribution < 1.29 is 45.1 Å². The van der Waals surface area contributed by atoms with Crippen LogP contribution in [0, 0.1) is 24.6 Å². The third-order valence-corrected chi connectivity index (χ3v) is 8.70. The molecule has 0 spiro atoms. The molecule has 15 heteroatoms. The first kappa shape index (κ1) is 37.1. The van der Waals surface area contributed by atoms with Crippen LogP contribution in [0.15, 0.2) is 36.4 Å². The van der Waals surface area contributed by atoms with Crippen molar-refractivity contribution in [2.24, 2.45) is 17.6 Å². The summed E-state index contributed by atoms with van der Waals surface area (Å²) in [6.07, 6.45) is -8.86. The average molecular weight is 681 g/mol. The molecule has 7 nitrogen and oxygen atoms in total. The van der Waals surface area contributed by atoms with Gasteiger partial charge in [-0.25, -0.2) is 4.39 Å². The molecule has 3 amide bonds. The molecule has 2 saturated heterocycles. The van der Waals surface area contributed by atoms with Crippen molar-refractivity contribution in [3.8, 4) is 0 Å². The Kier molecular flexibility index (Phi) is 11.7. The maximum Gasteiger partial charge on any atom is 0.416 e. The molecule has 2 aromatic carbocycles. The van der Waals surface area contributed by atoms with Crippen LogP contribution in [0.25, 0.3) is 0 Å². The van der Waals surface area contributed by atoms with Gasteiger partial charge in [0.2, 0.25) is 17.7 Å². The molecule has 0 aliphatic carbocycles. The van der Waals surface area contributed by atoms with Crippen molar-refractivity contribution in [1.82, 2.24) is 14.7 Å². The molecule has 0 unspecified atom stereocenters. The summed E-state index contributed by atoms with van der Waals surface area (Å²) in [6, 6.07) is 5.35. The van der Waals surface area contributed by atoms with Crippen LogP contribution in [0.5, 0.6) is 0 Å². The molecule has 2 atom stereocenters. The summed E-state index contributed by atoms with van der Waals surface area (Å²) in [5, 5.41) is 0. The minimum atomic E-state index is -5.02. The highest BCUT2D eigenvalue weighted by molar-refractivity contribution is 5.85. The van der Waals surface area contributed by atoms with Crippen LogP contribution in [0.2, 0.25) is 0 Å². The SMILES string of the molecule is Cc1cc(F)ccc1[C@@H]1CN(CC(=O)N2CCC(C(N)=O)CC2)CC[C@H]1C(=O)N(C)Cc1cc(C(F)(F)F)cc(C(F)(F)F)c1.Cl. The minimum Gasteiger partial charge on any atom is -0.369 e.